The van der Waals surface area contributed by atoms with Gasteiger partial charge in [0.25, 0.3) is 5.91 Å². The SMILES string of the molecule is NC(=O)c1ncn(C2O[C@H](COS(N)(=O)=O)[C@@H](O)[C@H]2O)n1. The van der Waals surface area contributed by atoms with Gasteiger partial charge in [-0.2, -0.15) is 8.42 Å². The highest BCUT2D eigenvalue weighted by Crippen LogP contribution is 2.29. The maximum Gasteiger partial charge on any atom is 0.333 e. The molecule has 1 aliphatic rings. The Kier molecular flexibility index (Phi) is 4.22. The number of rotatable bonds is 5. The van der Waals surface area contributed by atoms with Gasteiger partial charge in [0, 0.05) is 0 Å². The fourth-order valence-corrected chi connectivity index (χ4v) is 2.08. The monoisotopic (exact) mass is 323 g/mol. The zero-order valence-corrected chi connectivity index (χ0v) is 11.3. The highest BCUT2D eigenvalue weighted by Gasteiger charge is 2.44. The van der Waals surface area contributed by atoms with Crippen LogP contribution < -0.4 is 10.9 Å². The number of carbonyl (C=O) groups is 1. The fourth-order valence-electron chi connectivity index (χ4n) is 1.76. The summed E-state index contributed by atoms with van der Waals surface area (Å²) in [6.45, 7) is -0.592. The van der Waals surface area contributed by atoms with Gasteiger partial charge in [0.05, 0.1) is 6.61 Å². The first-order valence-electron chi connectivity index (χ1n) is 5.59. The molecule has 4 atom stereocenters. The number of aliphatic hydroxyl groups excluding tert-OH is 2. The minimum atomic E-state index is -4.21. The van der Waals surface area contributed by atoms with Crippen molar-refractivity contribution >= 4 is 16.2 Å². The predicted octanol–water partition coefficient (Wildman–Crippen LogP) is -3.78. The number of hydrogen-bond donors (Lipinski definition) is 4. The number of aromatic nitrogens is 3. The van der Waals surface area contributed by atoms with Crippen LogP contribution in [-0.4, -0.2) is 64.2 Å². The third kappa shape index (κ3) is 3.52. The quantitative estimate of drug-likeness (QED) is 0.420. The topological polar surface area (TPSA) is 193 Å². The standard InChI is InChI=1S/C8H13N5O7S/c9-6(16)7-11-2-13(12-7)8-5(15)4(14)3(20-8)1-19-21(10,17)18/h2-5,8,14-15H,1H2,(H2,9,16)(H2,10,17,18)/t3-,4-,5-,8?/m1/s1. The molecule has 1 saturated heterocycles. The number of nitrogens with zero attached hydrogens (tertiary/aromatic N) is 3. The third-order valence-electron chi connectivity index (χ3n) is 2.72. The molecule has 0 aromatic carbocycles. The minimum absolute atomic E-state index is 0.301. The predicted molar refractivity (Wildman–Crippen MR) is 63.5 cm³/mol. The minimum Gasteiger partial charge on any atom is -0.387 e. The molecule has 21 heavy (non-hydrogen) atoms. The van der Waals surface area contributed by atoms with Crippen LogP contribution in [0.4, 0.5) is 0 Å². The molecule has 1 amide bonds. The number of nitrogens with two attached hydrogens (primary N) is 2. The van der Waals surface area contributed by atoms with Gasteiger partial charge in [-0.1, -0.05) is 0 Å². The number of ether oxygens (including phenoxy) is 1. The zero-order chi connectivity index (χ0) is 15.8. The van der Waals surface area contributed by atoms with E-state index < -0.39 is 47.4 Å². The van der Waals surface area contributed by atoms with Crippen LogP contribution in [-0.2, 0) is 19.2 Å². The van der Waals surface area contributed by atoms with Crippen LogP contribution >= 0.6 is 0 Å². The highest BCUT2D eigenvalue weighted by atomic mass is 32.2. The van der Waals surface area contributed by atoms with Crippen molar-refractivity contribution in [3.63, 3.8) is 0 Å². The Balaban J connectivity index is 2.10. The van der Waals surface area contributed by atoms with Crippen LogP contribution in [0.5, 0.6) is 0 Å². The lowest BCUT2D eigenvalue weighted by Gasteiger charge is -2.13. The lowest BCUT2D eigenvalue weighted by Crippen LogP contribution is -2.35. The van der Waals surface area contributed by atoms with Crippen molar-refractivity contribution < 1.29 is 32.3 Å². The van der Waals surface area contributed by atoms with Gasteiger partial charge in [0.15, 0.2) is 6.23 Å². The second-order valence-corrected chi connectivity index (χ2v) is 5.46. The van der Waals surface area contributed by atoms with E-state index in [0.29, 0.717) is 0 Å². The van der Waals surface area contributed by atoms with E-state index in [9.17, 15) is 23.4 Å². The Hall–Kier alpha value is -1.64. The Morgan fingerprint density at radius 3 is 2.67 bits per heavy atom. The van der Waals surface area contributed by atoms with Crippen molar-refractivity contribution in [2.24, 2.45) is 10.9 Å². The summed E-state index contributed by atoms with van der Waals surface area (Å²) in [6, 6.07) is 0. The largest absolute Gasteiger partial charge is 0.387 e. The van der Waals surface area contributed by atoms with Gasteiger partial charge >= 0.3 is 10.3 Å². The maximum atomic E-state index is 10.9. The van der Waals surface area contributed by atoms with Crippen molar-refractivity contribution in [2.45, 2.75) is 24.5 Å². The van der Waals surface area contributed by atoms with Gasteiger partial charge in [0.1, 0.15) is 24.6 Å². The molecule has 13 heteroatoms. The van der Waals surface area contributed by atoms with Gasteiger partial charge in [-0.3, -0.25) is 8.98 Å². The Morgan fingerprint density at radius 1 is 1.48 bits per heavy atom. The van der Waals surface area contributed by atoms with Gasteiger partial charge in [-0.05, 0) is 0 Å². The Labute approximate surface area is 118 Å². The molecule has 1 unspecified atom stereocenters. The van der Waals surface area contributed by atoms with Crippen molar-refractivity contribution in [3.05, 3.63) is 12.2 Å². The molecule has 2 heterocycles. The van der Waals surface area contributed by atoms with Crippen LogP contribution in [0.1, 0.15) is 16.8 Å². The summed E-state index contributed by atoms with van der Waals surface area (Å²) in [5.41, 5.74) is 4.98. The first-order chi connectivity index (χ1) is 9.69. The number of primary amides is 1. The molecule has 0 radical (unpaired) electrons. The van der Waals surface area contributed by atoms with Crippen molar-refractivity contribution in [1.82, 2.24) is 14.8 Å². The second-order valence-electron chi connectivity index (χ2n) is 4.24. The third-order valence-corrected chi connectivity index (χ3v) is 3.19. The summed E-state index contributed by atoms with van der Waals surface area (Å²) in [5.74, 6) is -1.18. The number of amides is 1. The molecule has 1 aromatic heterocycles. The van der Waals surface area contributed by atoms with E-state index >= 15 is 0 Å². The van der Waals surface area contributed by atoms with Crippen LogP contribution in [0.2, 0.25) is 0 Å². The summed E-state index contributed by atoms with van der Waals surface area (Å²) in [5, 5.41) is 27.9. The second kappa shape index (κ2) is 5.63. The lowest BCUT2D eigenvalue weighted by atomic mass is 10.1. The molecule has 0 bridgehead atoms. The first-order valence-corrected chi connectivity index (χ1v) is 7.06. The van der Waals surface area contributed by atoms with Crippen LogP contribution in [0.25, 0.3) is 0 Å². The number of aliphatic hydroxyl groups is 2. The fraction of sp³-hybridized carbons (Fsp3) is 0.625. The van der Waals surface area contributed by atoms with E-state index in [4.69, 9.17) is 10.5 Å². The molecule has 6 N–H and O–H groups in total. The van der Waals surface area contributed by atoms with Crippen molar-refractivity contribution in [3.8, 4) is 0 Å². The molecule has 2 rings (SSSR count). The van der Waals surface area contributed by atoms with E-state index in [1.165, 1.54) is 0 Å². The number of carbonyl (C=O) groups excluding carboxylic acids is 1. The van der Waals surface area contributed by atoms with E-state index in [2.05, 4.69) is 19.4 Å². The molecule has 12 nitrogen and oxygen atoms in total. The van der Waals surface area contributed by atoms with E-state index in [1.54, 1.807) is 0 Å². The summed E-state index contributed by atoms with van der Waals surface area (Å²) < 4.78 is 31.9. The molecule has 0 saturated carbocycles. The summed E-state index contributed by atoms with van der Waals surface area (Å²) >= 11 is 0. The molecule has 1 aromatic rings. The molecule has 0 aliphatic carbocycles. The molecule has 0 spiro atoms. The Morgan fingerprint density at radius 2 is 2.14 bits per heavy atom. The van der Waals surface area contributed by atoms with Crippen molar-refractivity contribution in [2.75, 3.05) is 6.61 Å². The van der Waals surface area contributed by atoms with Crippen molar-refractivity contribution in [1.29, 1.82) is 0 Å². The zero-order valence-electron chi connectivity index (χ0n) is 10.4. The highest BCUT2D eigenvalue weighted by molar-refractivity contribution is 7.84. The van der Waals surface area contributed by atoms with Crippen LogP contribution in [0.15, 0.2) is 6.33 Å². The maximum absolute atomic E-state index is 10.9. The summed E-state index contributed by atoms with van der Waals surface area (Å²) in [4.78, 5) is 14.5. The summed E-state index contributed by atoms with van der Waals surface area (Å²) in [6.07, 6.45) is -4.16. The lowest BCUT2D eigenvalue weighted by molar-refractivity contribution is -0.0550. The Bertz CT molecular complexity index is 631. The smallest absolute Gasteiger partial charge is 0.333 e. The average Bonchev–Trinajstić information content (AvgIpc) is 2.94. The molecule has 1 fully saturated rings. The van der Waals surface area contributed by atoms with E-state index in [1.807, 2.05) is 0 Å². The first kappa shape index (κ1) is 15.7. The molecule has 1 aliphatic heterocycles. The van der Waals surface area contributed by atoms with E-state index in [-0.39, 0.29) is 5.82 Å². The van der Waals surface area contributed by atoms with Crippen LogP contribution in [0.3, 0.4) is 0 Å². The van der Waals surface area contributed by atoms with Gasteiger partial charge < -0.3 is 20.7 Å². The van der Waals surface area contributed by atoms with E-state index in [0.717, 1.165) is 11.0 Å². The summed E-state index contributed by atoms with van der Waals surface area (Å²) in [7, 11) is -4.21. The average molecular weight is 323 g/mol. The van der Waals surface area contributed by atoms with Gasteiger partial charge in [-0.15, -0.1) is 5.10 Å². The number of hydrogen-bond acceptors (Lipinski definition) is 9. The van der Waals surface area contributed by atoms with Crippen LogP contribution in [0, 0.1) is 0 Å². The molecular weight excluding hydrogens is 310 g/mol. The van der Waals surface area contributed by atoms with Gasteiger partial charge in [0.2, 0.25) is 5.82 Å². The van der Waals surface area contributed by atoms with Gasteiger partial charge in [-0.25, -0.2) is 14.8 Å². The normalized spacial score (nSPS) is 29.7. The molecular formula is C8H13N5O7S. The molecule has 118 valence electrons.